The number of rotatable bonds is 6. The predicted molar refractivity (Wildman–Crippen MR) is 108 cm³/mol. The summed E-state index contributed by atoms with van der Waals surface area (Å²) in [5, 5.41) is 19.3. The average molecular weight is 417 g/mol. The van der Waals surface area contributed by atoms with Crippen molar-refractivity contribution >= 4 is 17.8 Å². The molecule has 0 aliphatic carbocycles. The largest absolute Gasteiger partial charge is 0.481 e. The molecule has 3 heterocycles. The van der Waals surface area contributed by atoms with E-state index in [2.05, 4.69) is 20.5 Å². The molecule has 10 nitrogen and oxygen atoms in total. The second-order valence-electron chi connectivity index (χ2n) is 8.17. The summed E-state index contributed by atoms with van der Waals surface area (Å²) in [5.74, 6) is 0.603. The Bertz CT molecular complexity index is 907. The highest BCUT2D eigenvalue weighted by molar-refractivity contribution is 5.91. The number of H-pyrrole nitrogens is 1. The zero-order valence-electron chi connectivity index (χ0n) is 17.5. The Hall–Kier alpha value is -3.14. The minimum atomic E-state index is -0.970. The van der Waals surface area contributed by atoms with E-state index in [0.29, 0.717) is 30.4 Å². The van der Waals surface area contributed by atoms with Gasteiger partial charge in [-0.2, -0.15) is 5.10 Å². The van der Waals surface area contributed by atoms with Gasteiger partial charge in [0.1, 0.15) is 6.10 Å². The minimum absolute atomic E-state index is 0.155. The molecule has 2 amide bonds. The molecule has 3 rings (SSSR count). The van der Waals surface area contributed by atoms with Crippen LogP contribution in [-0.4, -0.2) is 62.5 Å². The van der Waals surface area contributed by atoms with Gasteiger partial charge in [0.2, 0.25) is 11.8 Å². The van der Waals surface area contributed by atoms with E-state index >= 15 is 0 Å². The number of amides is 2. The molecule has 0 aromatic carbocycles. The highest BCUT2D eigenvalue weighted by Crippen LogP contribution is 2.34. The second-order valence-corrected chi connectivity index (χ2v) is 8.17. The van der Waals surface area contributed by atoms with Gasteiger partial charge in [-0.3, -0.25) is 14.8 Å². The number of aromatic nitrogens is 3. The van der Waals surface area contributed by atoms with Gasteiger partial charge in [-0.15, -0.1) is 0 Å². The van der Waals surface area contributed by atoms with Gasteiger partial charge in [0.05, 0.1) is 31.9 Å². The number of methoxy groups -OCH3 is 1. The third-order valence-corrected chi connectivity index (χ3v) is 4.86. The first-order valence-corrected chi connectivity index (χ1v) is 9.65. The standard InChI is InChI=1S/C20H27N5O5/c1-20(2,3)25(19(27)28)13-9-15(30-11-13)14-10-16(24-23-14)22-17(26)7-12-5-6-21-18(8-12)29-4/h5-6,8,10,13,15H,7,9,11H2,1-4H3,(H,27,28)(H2,22,23,24,26). The Labute approximate surface area is 174 Å². The quantitative estimate of drug-likeness (QED) is 0.659. The van der Waals surface area contributed by atoms with Crippen molar-refractivity contribution in [1.82, 2.24) is 20.1 Å². The molecule has 0 bridgehead atoms. The molecule has 2 aromatic heterocycles. The van der Waals surface area contributed by atoms with E-state index in [1.807, 2.05) is 20.8 Å². The van der Waals surface area contributed by atoms with Crippen LogP contribution in [0.2, 0.25) is 0 Å². The van der Waals surface area contributed by atoms with Crippen molar-refractivity contribution in [2.75, 3.05) is 19.0 Å². The molecule has 2 atom stereocenters. The highest BCUT2D eigenvalue weighted by Gasteiger charge is 2.39. The fourth-order valence-electron chi connectivity index (χ4n) is 3.61. The second kappa shape index (κ2) is 8.70. The first-order valence-electron chi connectivity index (χ1n) is 9.65. The summed E-state index contributed by atoms with van der Waals surface area (Å²) >= 11 is 0. The van der Waals surface area contributed by atoms with Crippen LogP contribution in [-0.2, 0) is 16.0 Å². The molecule has 2 aromatic rings. The summed E-state index contributed by atoms with van der Waals surface area (Å²) in [6.07, 6.45) is 0.960. The van der Waals surface area contributed by atoms with Crippen molar-refractivity contribution in [3.8, 4) is 5.88 Å². The summed E-state index contributed by atoms with van der Waals surface area (Å²) in [6.45, 7) is 5.88. The third-order valence-electron chi connectivity index (χ3n) is 4.86. The van der Waals surface area contributed by atoms with E-state index < -0.39 is 11.6 Å². The Kier molecular flexibility index (Phi) is 6.25. The van der Waals surface area contributed by atoms with Crippen LogP contribution >= 0.6 is 0 Å². The number of pyridine rings is 1. The zero-order valence-corrected chi connectivity index (χ0v) is 17.5. The van der Waals surface area contributed by atoms with E-state index in [9.17, 15) is 14.7 Å². The number of hydrogen-bond donors (Lipinski definition) is 3. The minimum Gasteiger partial charge on any atom is -0.481 e. The van der Waals surface area contributed by atoms with Crippen molar-refractivity contribution in [2.24, 2.45) is 0 Å². The van der Waals surface area contributed by atoms with Gasteiger partial charge in [-0.05, 0) is 32.4 Å². The van der Waals surface area contributed by atoms with Crippen molar-refractivity contribution in [3.63, 3.8) is 0 Å². The van der Waals surface area contributed by atoms with Crippen LogP contribution in [0, 0.1) is 0 Å². The van der Waals surface area contributed by atoms with E-state index in [1.54, 1.807) is 24.4 Å². The maximum Gasteiger partial charge on any atom is 0.408 e. The lowest BCUT2D eigenvalue weighted by Gasteiger charge is -2.37. The monoisotopic (exact) mass is 417 g/mol. The number of carbonyl (C=O) groups excluding carboxylic acids is 1. The van der Waals surface area contributed by atoms with Crippen LogP contribution in [0.25, 0.3) is 0 Å². The number of nitrogens with zero attached hydrogens (tertiary/aromatic N) is 3. The maximum absolute atomic E-state index is 12.3. The van der Waals surface area contributed by atoms with Crippen molar-refractivity contribution in [1.29, 1.82) is 0 Å². The van der Waals surface area contributed by atoms with E-state index in [1.165, 1.54) is 12.0 Å². The first kappa shape index (κ1) is 21.6. The Morgan fingerprint density at radius 1 is 1.40 bits per heavy atom. The van der Waals surface area contributed by atoms with Gasteiger partial charge in [-0.25, -0.2) is 9.78 Å². The molecule has 0 saturated carbocycles. The summed E-state index contributed by atoms with van der Waals surface area (Å²) in [6, 6.07) is 4.90. The normalized spacial score (nSPS) is 18.8. The summed E-state index contributed by atoms with van der Waals surface area (Å²) in [5.41, 5.74) is 0.933. The summed E-state index contributed by atoms with van der Waals surface area (Å²) in [7, 11) is 1.52. The number of anilines is 1. The Balaban J connectivity index is 1.60. The number of carbonyl (C=O) groups is 2. The number of hydrogen-bond acceptors (Lipinski definition) is 6. The topological polar surface area (TPSA) is 130 Å². The van der Waals surface area contributed by atoms with Gasteiger partial charge >= 0.3 is 6.09 Å². The zero-order chi connectivity index (χ0) is 21.9. The van der Waals surface area contributed by atoms with Crippen LogP contribution in [0.1, 0.15) is 44.6 Å². The Morgan fingerprint density at radius 2 is 2.17 bits per heavy atom. The summed E-state index contributed by atoms with van der Waals surface area (Å²) < 4.78 is 10.9. The van der Waals surface area contributed by atoms with Gasteiger partial charge < -0.3 is 19.9 Å². The molecule has 2 unspecified atom stereocenters. The molecule has 0 radical (unpaired) electrons. The van der Waals surface area contributed by atoms with Crippen LogP contribution < -0.4 is 10.1 Å². The van der Waals surface area contributed by atoms with Crippen LogP contribution in [0.3, 0.4) is 0 Å². The molecule has 162 valence electrons. The lowest BCUT2D eigenvalue weighted by molar-refractivity contribution is -0.115. The van der Waals surface area contributed by atoms with Crippen molar-refractivity contribution < 1.29 is 24.2 Å². The molecule has 0 spiro atoms. The number of carboxylic acid groups (broad SMARTS) is 1. The summed E-state index contributed by atoms with van der Waals surface area (Å²) in [4.78, 5) is 29.4. The third kappa shape index (κ3) is 5.07. The Morgan fingerprint density at radius 3 is 2.83 bits per heavy atom. The lowest BCUT2D eigenvalue weighted by Crippen LogP contribution is -2.51. The fourth-order valence-corrected chi connectivity index (χ4v) is 3.61. The van der Waals surface area contributed by atoms with E-state index in [0.717, 1.165) is 5.56 Å². The van der Waals surface area contributed by atoms with Crippen LogP contribution in [0.4, 0.5) is 10.6 Å². The molecule has 1 saturated heterocycles. The van der Waals surface area contributed by atoms with E-state index in [4.69, 9.17) is 9.47 Å². The number of ether oxygens (including phenoxy) is 2. The first-order chi connectivity index (χ1) is 14.2. The molecule has 30 heavy (non-hydrogen) atoms. The molecule has 3 N–H and O–H groups in total. The number of aromatic amines is 1. The van der Waals surface area contributed by atoms with Gasteiger partial charge in [0.15, 0.2) is 5.82 Å². The molecule has 1 aliphatic rings. The highest BCUT2D eigenvalue weighted by atomic mass is 16.5. The molecule has 10 heteroatoms. The predicted octanol–water partition coefficient (Wildman–Crippen LogP) is 2.60. The molecular formula is C20H27N5O5. The van der Waals surface area contributed by atoms with Gasteiger partial charge in [0.25, 0.3) is 0 Å². The lowest BCUT2D eigenvalue weighted by atomic mass is 10.0. The van der Waals surface area contributed by atoms with Crippen molar-refractivity contribution in [3.05, 3.63) is 35.7 Å². The van der Waals surface area contributed by atoms with Crippen LogP contribution in [0.5, 0.6) is 5.88 Å². The molecular weight excluding hydrogens is 390 g/mol. The van der Waals surface area contributed by atoms with Crippen LogP contribution in [0.15, 0.2) is 24.4 Å². The SMILES string of the molecule is COc1cc(CC(=O)Nc2cc(C3CC(N(C(=O)O)C(C)(C)C)CO3)[nH]n2)ccn1. The fraction of sp³-hybridized carbons (Fsp3) is 0.500. The molecule has 1 aliphatic heterocycles. The number of nitrogens with one attached hydrogen (secondary N) is 2. The average Bonchev–Trinajstić information content (AvgIpc) is 3.30. The maximum atomic E-state index is 12.3. The van der Waals surface area contributed by atoms with Gasteiger partial charge in [-0.1, -0.05) is 0 Å². The van der Waals surface area contributed by atoms with Crippen molar-refractivity contribution in [2.45, 2.75) is 51.3 Å². The smallest absolute Gasteiger partial charge is 0.408 e. The van der Waals surface area contributed by atoms with E-state index in [-0.39, 0.29) is 24.5 Å². The van der Waals surface area contributed by atoms with Gasteiger partial charge in [0, 0.05) is 30.3 Å². The molecule has 1 fully saturated rings.